The summed E-state index contributed by atoms with van der Waals surface area (Å²) in [6, 6.07) is 15.8. The van der Waals surface area contributed by atoms with Gasteiger partial charge in [0.1, 0.15) is 18.1 Å². The Kier molecular flexibility index (Phi) is 6.26. The van der Waals surface area contributed by atoms with Crippen molar-refractivity contribution in [3.63, 3.8) is 0 Å². The highest BCUT2D eigenvalue weighted by Crippen LogP contribution is 2.41. The minimum absolute atomic E-state index is 0.0171. The molecule has 196 valence electrons. The van der Waals surface area contributed by atoms with Crippen LogP contribution in [0.2, 0.25) is 0 Å². The van der Waals surface area contributed by atoms with Crippen molar-refractivity contribution in [2.45, 2.75) is 70.7 Å². The molecule has 0 atom stereocenters. The number of nitrogens with zero attached hydrogens (tertiary/aromatic N) is 5. The Bertz CT molecular complexity index is 1530. The predicted octanol–water partition coefficient (Wildman–Crippen LogP) is 4.55. The SMILES string of the molecule is CC(C)N1CCn2c(CC3(n4ccc5cccnc54)CCCC3)nc(=O)c(OCc3ccccc3)c2C1=O. The lowest BCUT2D eigenvalue weighted by atomic mass is 9.91. The molecule has 0 saturated heterocycles. The Labute approximate surface area is 221 Å². The summed E-state index contributed by atoms with van der Waals surface area (Å²) in [5.41, 5.74) is 1.46. The molecule has 1 aliphatic carbocycles. The molecular formula is C30H33N5O3. The van der Waals surface area contributed by atoms with Gasteiger partial charge >= 0.3 is 5.56 Å². The third-order valence-corrected chi connectivity index (χ3v) is 8.08. The van der Waals surface area contributed by atoms with Crippen LogP contribution in [0.15, 0.2) is 65.7 Å². The van der Waals surface area contributed by atoms with Crippen LogP contribution in [0.1, 0.15) is 61.4 Å². The number of rotatable bonds is 7. The normalized spacial score (nSPS) is 16.8. The molecule has 8 nitrogen and oxygen atoms in total. The Hall–Kier alpha value is -3.94. The maximum absolute atomic E-state index is 13.8. The molecular weight excluding hydrogens is 478 g/mol. The number of pyridine rings is 1. The predicted molar refractivity (Wildman–Crippen MR) is 145 cm³/mol. The van der Waals surface area contributed by atoms with Crippen molar-refractivity contribution in [2.24, 2.45) is 0 Å². The van der Waals surface area contributed by atoms with Gasteiger partial charge in [0.15, 0.2) is 5.69 Å². The number of ether oxygens (including phenoxy) is 1. The van der Waals surface area contributed by atoms with E-state index in [1.165, 1.54) is 0 Å². The molecule has 0 N–H and O–H groups in total. The maximum Gasteiger partial charge on any atom is 0.316 e. The lowest BCUT2D eigenvalue weighted by Crippen LogP contribution is -2.47. The Morgan fingerprint density at radius 3 is 2.55 bits per heavy atom. The third kappa shape index (κ3) is 4.18. The van der Waals surface area contributed by atoms with Crippen molar-refractivity contribution in [3.8, 4) is 5.75 Å². The molecule has 1 saturated carbocycles. The van der Waals surface area contributed by atoms with E-state index in [1.54, 1.807) is 0 Å². The van der Waals surface area contributed by atoms with E-state index in [0.29, 0.717) is 31.0 Å². The summed E-state index contributed by atoms with van der Waals surface area (Å²) >= 11 is 0. The van der Waals surface area contributed by atoms with Crippen LogP contribution in [-0.4, -0.2) is 42.5 Å². The van der Waals surface area contributed by atoms with Crippen LogP contribution in [0.5, 0.6) is 5.75 Å². The Balaban J connectivity index is 1.44. The Morgan fingerprint density at radius 1 is 1.00 bits per heavy atom. The third-order valence-electron chi connectivity index (χ3n) is 8.08. The van der Waals surface area contributed by atoms with Gasteiger partial charge in [-0.25, -0.2) is 4.98 Å². The van der Waals surface area contributed by atoms with Gasteiger partial charge in [0.05, 0.1) is 5.54 Å². The number of hydrogen-bond donors (Lipinski definition) is 0. The van der Waals surface area contributed by atoms with E-state index < -0.39 is 5.56 Å². The quantitative estimate of drug-likeness (QED) is 0.364. The van der Waals surface area contributed by atoms with Gasteiger partial charge in [0.2, 0.25) is 5.75 Å². The second kappa shape index (κ2) is 9.74. The summed E-state index contributed by atoms with van der Waals surface area (Å²) in [6.07, 6.45) is 8.63. The van der Waals surface area contributed by atoms with Gasteiger partial charge < -0.3 is 18.8 Å². The van der Waals surface area contributed by atoms with Crippen LogP contribution in [0.4, 0.5) is 0 Å². The number of amides is 1. The average Bonchev–Trinajstić information content (AvgIpc) is 3.57. The molecule has 1 aromatic carbocycles. The van der Waals surface area contributed by atoms with Crippen LogP contribution >= 0.6 is 0 Å². The zero-order valence-corrected chi connectivity index (χ0v) is 22.0. The molecule has 38 heavy (non-hydrogen) atoms. The molecule has 0 bridgehead atoms. The van der Waals surface area contributed by atoms with Gasteiger partial charge in [-0.2, -0.15) is 4.98 Å². The highest BCUT2D eigenvalue weighted by molar-refractivity contribution is 5.96. The lowest BCUT2D eigenvalue weighted by Gasteiger charge is -2.37. The maximum atomic E-state index is 13.8. The van der Waals surface area contributed by atoms with Gasteiger partial charge in [-0.1, -0.05) is 43.2 Å². The van der Waals surface area contributed by atoms with Crippen molar-refractivity contribution in [1.82, 2.24) is 24.0 Å². The summed E-state index contributed by atoms with van der Waals surface area (Å²) in [6.45, 7) is 5.33. The van der Waals surface area contributed by atoms with Gasteiger partial charge in [-0.05, 0) is 50.5 Å². The van der Waals surface area contributed by atoms with Gasteiger partial charge in [0, 0.05) is 43.3 Å². The lowest BCUT2D eigenvalue weighted by molar-refractivity contribution is 0.0632. The molecule has 2 aliphatic rings. The largest absolute Gasteiger partial charge is 0.481 e. The molecule has 0 spiro atoms. The van der Waals surface area contributed by atoms with E-state index in [0.717, 1.165) is 42.3 Å². The standard InChI is InChI=1S/C30H33N5O3/c1-21(2)33-17-18-34-24(19-30(13-6-7-14-30)35-16-12-23-11-8-15-31-27(23)35)32-28(36)26(25(34)29(33)37)38-20-22-9-4-3-5-10-22/h3-5,8-12,15-16,21H,6-7,13-14,17-20H2,1-2H3. The molecule has 1 fully saturated rings. The van der Waals surface area contributed by atoms with E-state index in [2.05, 4.69) is 32.9 Å². The number of carbonyl (C=O) groups excluding carboxylic acids is 1. The fraction of sp³-hybridized carbons (Fsp3) is 0.400. The van der Waals surface area contributed by atoms with Crippen molar-refractivity contribution in [1.29, 1.82) is 0 Å². The van der Waals surface area contributed by atoms with E-state index in [4.69, 9.17) is 4.74 Å². The summed E-state index contributed by atoms with van der Waals surface area (Å²) < 4.78 is 10.3. The second-order valence-electron chi connectivity index (χ2n) is 10.7. The van der Waals surface area contributed by atoms with Crippen molar-refractivity contribution >= 4 is 16.9 Å². The fourth-order valence-electron chi connectivity index (χ4n) is 6.15. The summed E-state index contributed by atoms with van der Waals surface area (Å²) in [4.78, 5) is 38.3. The van der Waals surface area contributed by atoms with Crippen molar-refractivity contribution in [2.75, 3.05) is 6.54 Å². The average molecular weight is 512 g/mol. The number of carbonyl (C=O) groups is 1. The molecule has 3 aromatic heterocycles. The number of fused-ring (bicyclic) bond motifs is 2. The zero-order chi connectivity index (χ0) is 26.3. The fourth-order valence-corrected chi connectivity index (χ4v) is 6.15. The summed E-state index contributed by atoms with van der Waals surface area (Å²) in [7, 11) is 0. The first-order valence-corrected chi connectivity index (χ1v) is 13.5. The number of aromatic nitrogens is 4. The van der Waals surface area contributed by atoms with Crippen LogP contribution in [0, 0.1) is 0 Å². The molecule has 6 rings (SSSR count). The highest BCUT2D eigenvalue weighted by atomic mass is 16.5. The van der Waals surface area contributed by atoms with E-state index in [9.17, 15) is 9.59 Å². The second-order valence-corrected chi connectivity index (χ2v) is 10.7. The molecule has 1 amide bonds. The van der Waals surface area contributed by atoms with Crippen LogP contribution in [0.25, 0.3) is 11.0 Å². The van der Waals surface area contributed by atoms with E-state index in [1.807, 2.05) is 65.9 Å². The van der Waals surface area contributed by atoms with Gasteiger partial charge in [-0.3, -0.25) is 9.59 Å². The minimum Gasteiger partial charge on any atom is -0.481 e. The smallest absolute Gasteiger partial charge is 0.316 e. The molecule has 0 radical (unpaired) electrons. The molecule has 4 heterocycles. The molecule has 8 heteroatoms. The van der Waals surface area contributed by atoms with Crippen LogP contribution in [-0.2, 0) is 25.1 Å². The van der Waals surface area contributed by atoms with E-state index >= 15 is 0 Å². The first kappa shape index (κ1) is 24.4. The van der Waals surface area contributed by atoms with Crippen LogP contribution in [0.3, 0.4) is 0 Å². The molecule has 1 aliphatic heterocycles. The van der Waals surface area contributed by atoms with Crippen molar-refractivity contribution < 1.29 is 9.53 Å². The first-order valence-electron chi connectivity index (χ1n) is 13.5. The minimum atomic E-state index is -0.482. The van der Waals surface area contributed by atoms with Gasteiger partial charge in [-0.15, -0.1) is 0 Å². The highest BCUT2D eigenvalue weighted by Gasteiger charge is 2.40. The van der Waals surface area contributed by atoms with Crippen molar-refractivity contribution in [3.05, 3.63) is 88.4 Å². The number of benzene rings is 1. The number of hydrogen-bond acceptors (Lipinski definition) is 5. The zero-order valence-electron chi connectivity index (χ0n) is 22.0. The first-order chi connectivity index (χ1) is 18.5. The molecule has 4 aromatic rings. The van der Waals surface area contributed by atoms with Gasteiger partial charge in [0.25, 0.3) is 5.91 Å². The van der Waals surface area contributed by atoms with E-state index in [-0.39, 0.29) is 29.8 Å². The Morgan fingerprint density at radius 2 is 1.79 bits per heavy atom. The summed E-state index contributed by atoms with van der Waals surface area (Å²) in [5, 5.41) is 1.10. The monoisotopic (exact) mass is 511 g/mol. The summed E-state index contributed by atoms with van der Waals surface area (Å²) in [5.74, 6) is 0.513. The topological polar surface area (TPSA) is 82.2 Å². The molecule has 0 unspecified atom stereocenters. The van der Waals surface area contributed by atoms with Crippen LogP contribution < -0.4 is 10.3 Å².